The third-order valence-electron chi connectivity index (χ3n) is 6.25. The van der Waals surface area contributed by atoms with Gasteiger partial charge in [-0.3, -0.25) is 4.79 Å². The number of fused-ring (bicyclic) bond motifs is 1. The van der Waals surface area contributed by atoms with Crippen molar-refractivity contribution in [2.24, 2.45) is 5.92 Å². The zero-order chi connectivity index (χ0) is 18.0. The number of likely N-dealkylation sites (tertiary alicyclic amines) is 1. The molecule has 2 atom stereocenters. The topological polar surface area (TPSA) is 40.5 Å². The smallest absolute Gasteiger partial charge is 0.234 e. The first-order valence-electron chi connectivity index (χ1n) is 9.78. The van der Waals surface area contributed by atoms with Crippen molar-refractivity contribution in [3.05, 3.63) is 71.8 Å². The number of amides is 1. The Morgan fingerprint density at radius 1 is 0.962 bits per heavy atom. The van der Waals surface area contributed by atoms with Crippen molar-refractivity contribution >= 4 is 5.91 Å². The summed E-state index contributed by atoms with van der Waals surface area (Å²) in [7, 11) is 0. The van der Waals surface area contributed by atoms with Crippen LogP contribution < -0.4 is 0 Å². The van der Waals surface area contributed by atoms with Gasteiger partial charge in [0.25, 0.3) is 0 Å². The van der Waals surface area contributed by atoms with Gasteiger partial charge in [-0.1, -0.05) is 73.5 Å². The Morgan fingerprint density at radius 2 is 1.58 bits per heavy atom. The Hall–Kier alpha value is -2.13. The lowest BCUT2D eigenvalue weighted by Crippen LogP contribution is -2.55. The standard InChI is InChI=1S/C23H27NO2/c25-22(24-16-15-23(26)14-8-7-13-20(23)17-24)21(18-9-3-1-4-10-18)19-11-5-2-6-12-19/h1-6,9-12,20-21,26H,7-8,13-17H2/t20-,23-/m0/s1. The molecule has 1 amide bonds. The van der Waals surface area contributed by atoms with Gasteiger partial charge in [-0.05, 0) is 30.4 Å². The minimum Gasteiger partial charge on any atom is -0.389 e. The number of carbonyl (C=O) groups is 1. The number of hydrogen-bond acceptors (Lipinski definition) is 2. The SMILES string of the molecule is O=C(C(c1ccccc1)c1ccccc1)N1CC[C@@]2(O)CCCC[C@H]2C1. The fraction of sp³-hybridized carbons (Fsp3) is 0.435. The fourth-order valence-corrected chi connectivity index (χ4v) is 4.72. The lowest BCUT2D eigenvalue weighted by atomic mass is 9.71. The summed E-state index contributed by atoms with van der Waals surface area (Å²) in [6.45, 7) is 1.34. The van der Waals surface area contributed by atoms with Crippen molar-refractivity contribution in [2.45, 2.75) is 43.6 Å². The van der Waals surface area contributed by atoms with Gasteiger partial charge in [0.2, 0.25) is 5.91 Å². The molecule has 2 aromatic carbocycles. The number of nitrogens with zero attached hydrogens (tertiary/aromatic N) is 1. The lowest BCUT2D eigenvalue weighted by molar-refractivity contribution is -0.144. The minimum atomic E-state index is -0.552. The third kappa shape index (κ3) is 3.28. The van der Waals surface area contributed by atoms with E-state index in [0.29, 0.717) is 19.5 Å². The van der Waals surface area contributed by atoms with Crippen LogP contribution in [0.15, 0.2) is 60.7 Å². The van der Waals surface area contributed by atoms with Gasteiger partial charge in [0.1, 0.15) is 0 Å². The molecule has 2 fully saturated rings. The molecule has 26 heavy (non-hydrogen) atoms. The fourth-order valence-electron chi connectivity index (χ4n) is 4.72. The molecule has 1 saturated heterocycles. The molecule has 0 radical (unpaired) electrons. The predicted octanol–water partition coefficient (Wildman–Crippen LogP) is 3.97. The average Bonchev–Trinajstić information content (AvgIpc) is 2.69. The second-order valence-corrected chi connectivity index (χ2v) is 7.83. The van der Waals surface area contributed by atoms with Crippen LogP contribution in [0, 0.1) is 5.92 Å². The number of hydrogen-bond donors (Lipinski definition) is 1. The van der Waals surface area contributed by atoms with Crippen LogP contribution in [-0.2, 0) is 4.79 Å². The number of carbonyl (C=O) groups excluding carboxylic acids is 1. The van der Waals surface area contributed by atoms with Crippen LogP contribution in [-0.4, -0.2) is 34.6 Å². The molecule has 0 aromatic heterocycles. The molecule has 136 valence electrons. The van der Waals surface area contributed by atoms with Gasteiger partial charge in [-0.15, -0.1) is 0 Å². The maximum absolute atomic E-state index is 13.5. The summed E-state index contributed by atoms with van der Waals surface area (Å²) >= 11 is 0. The van der Waals surface area contributed by atoms with Crippen molar-refractivity contribution in [3.63, 3.8) is 0 Å². The minimum absolute atomic E-state index is 0.162. The molecule has 1 aliphatic heterocycles. The molecule has 0 bridgehead atoms. The maximum Gasteiger partial charge on any atom is 0.234 e. The third-order valence-corrected chi connectivity index (χ3v) is 6.25. The van der Waals surface area contributed by atoms with E-state index < -0.39 is 5.60 Å². The van der Waals surface area contributed by atoms with E-state index in [1.165, 1.54) is 0 Å². The maximum atomic E-state index is 13.5. The molecule has 1 heterocycles. The Labute approximate surface area is 155 Å². The van der Waals surface area contributed by atoms with Crippen LogP contribution in [0.2, 0.25) is 0 Å². The van der Waals surface area contributed by atoms with E-state index in [4.69, 9.17) is 0 Å². The second kappa shape index (κ2) is 7.24. The Morgan fingerprint density at radius 3 is 2.19 bits per heavy atom. The number of benzene rings is 2. The molecule has 1 N–H and O–H groups in total. The lowest BCUT2D eigenvalue weighted by Gasteiger charge is -2.48. The van der Waals surface area contributed by atoms with Crippen molar-refractivity contribution in [1.29, 1.82) is 0 Å². The normalized spacial score (nSPS) is 25.8. The van der Waals surface area contributed by atoms with Gasteiger partial charge >= 0.3 is 0 Å². The Kier molecular flexibility index (Phi) is 4.82. The van der Waals surface area contributed by atoms with E-state index in [1.54, 1.807) is 0 Å². The summed E-state index contributed by atoms with van der Waals surface area (Å²) in [4.78, 5) is 15.5. The number of piperidine rings is 1. The highest BCUT2D eigenvalue weighted by Crippen LogP contribution is 2.40. The number of rotatable bonds is 3. The van der Waals surface area contributed by atoms with Crippen LogP contribution >= 0.6 is 0 Å². The van der Waals surface area contributed by atoms with Crippen molar-refractivity contribution in [1.82, 2.24) is 4.90 Å². The molecule has 0 spiro atoms. The van der Waals surface area contributed by atoms with E-state index in [-0.39, 0.29) is 17.7 Å². The molecule has 1 saturated carbocycles. The van der Waals surface area contributed by atoms with Crippen molar-refractivity contribution in [3.8, 4) is 0 Å². The van der Waals surface area contributed by atoms with E-state index in [1.807, 2.05) is 65.6 Å². The highest BCUT2D eigenvalue weighted by molar-refractivity contribution is 5.87. The summed E-state index contributed by atoms with van der Waals surface area (Å²) in [5, 5.41) is 10.9. The number of aliphatic hydroxyl groups is 1. The van der Waals surface area contributed by atoms with Crippen LogP contribution in [0.25, 0.3) is 0 Å². The van der Waals surface area contributed by atoms with Gasteiger partial charge < -0.3 is 10.0 Å². The van der Waals surface area contributed by atoms with Crippen LogP contribution in [0.3, 0.4) is 0 Å². The van der Waals surface area contributed by atoms with Crippen molar-refractivity contribution in [2.75, 3.05) is 13.1 Å². The summed E-state index contributed by atoms with van der Waals surface area (Å²) < 4.78 is 0. The quantitative estimate of drug-likeness (QED) is 0.911. The molecule has 3 nitrogen and oxygen atoms in total. The molecular formula is C23H27NO2. The van der Waals surface area contributed by atoms with E-state index in [2.05, 4.69) is 0 Å². The van der Waals surface area contributed by atoms with Gasteiger partial charge in [0, 0.05) is 19.0 Å². The van der Waals surface area contributed by atoms with E-state index in [0.717, 1.165) is 36.8 Å². The van der Waals surface area contributed by atoms with Crippen molar-refractivity contribution < 1.29 is 9.90 Å². The highest BCUT2D eigenvalue weighted by Gasteiger charge is 2.44. The summed E-state index contributed by atoms with van der Waals surface area (Å²) in [5.41, 5.74) is 1.52. The second-order valence-electron chi connectivity index (χ2n) is 7.83. The first-order chi connectivity index (χ1) is 12.7. The molecule has 4 rings (SSSR count). The predicted molar refractivity (Wildman–Crippen MR) is 103 cm³/mol. The summed E-state index contributed by atoms with van der Waals surface area (Å²) in [6, 6.07) is 20.1. The van der Waals surface area contributed by atoms with Crippen LogP contribution in [0.4, 0.5) is 0 Å². The molecule has 3 heteroatoms. The average molecular weight is 349 g/mol. The van der Waals surface area contributed by atoms with Gasteiger partial charge in [-0.2, -0.15) is 0 Å². The largest absolute Gasteiger partial charge is 0.389 e. The zero-order valence-electron chi connectivity index (χ0n) is 15.2. The Balaban J connectivity index is 1.61. The summed E-state index contributed by atoms with van der Waals surface area (Å²) in [6.07, 6.45) is 4.90. The molecular weight excluding hydrogens is 322 g/mol. The highest BCUT2D eigenvalue weighted by atomic mass is 16.3. The van der Waals surface area contributed by atoms with Gasteiger partial charge in [0.15, 0.2) is 0 Å². The first kappa shape index (κ1) is 17.3. The Bertz CT molecular complexity index is 706. The van der Waals surface area contributed by atoms with E-state index in [9.17, 15) is 9.90 Å². The monoisotopic (exact) mass is 349 g/mol. The molecule has 1 aliphatic carbocycles. The zero-order valence-corrected chi connectivity index (χ0v) is 15.2. The molecule has 2 aromatic rings. The van der Waals surface area contributed by atoms with Gasteiger partial charge in [0.05, 0.1) is 11.5 Å². The van der Waals surface area contributed by atoms with Crippen LogP contribution in [0.1, 0.15) is 49.1 Å². The first-order valence-corrected chi connectivity index (χ1v) is 9.78. The summed E-state index contributed by atoms with van der Waals surface area (Å²) in [5.74, 6) is 0.114. The molecule has 0 unspecified atom stereocenters. The van der Waals surface area contributed by atoms with E-state index >= 15 is 0 Å². The molecule has 2 aliphatic rings. The van der Waals surface area contributed by atoms with Gasteiger partial charge in [-0.25, -0.2) is 0 Å². The van der Waals surface area contributed by atoms with Crippen LogP contribution in [0.5, 0.6) is 0 Å².